The van der Waals surface area contributed by atoms with Crippen LogP contribution in [0, 0.1) is 19.8 Å². The first-order valence-electron chi connectivity index (χ1n) is 10.5. The zero-order valence-corrected chi connectivity index (χ0v) is 19.2. The normalized spacial score (nSPS) is 13.2. The summed E-state index contributed by atoms with van der Waals surface area (Å²) in [6, 6.07) is 7.67. The van der Waals surface area contributed by atoms with E-state index in [4.69, 9.17) is 13.9 Å². The number of hydrogen-bond donors (Lipinski definition) is 0. The molecule has 0 N–H and O–H groups in total. The molecule has 3 aromatic rings. The average Bonchev–Trinajstić information content (AvgIpc) is 2.72. The highest BCUT2D eigenvalue weighted by atomic mass is 16.5. The molecule has 1 aromatic carbocycles. The van der Waals surface area contributed by atoms with Crippen LogP contribution in [0.15, 0.2) is 44.5 Å². The first kappa shape index (κ1) is 23.2. The predicted molar refractivity (Wildman–Crippen MR) is 120 cm³/mol. The second-order valence-electron chi connectivity index (χ2n) is 8.28. The van der Waals surface area contributed by atoms with Crippen molar-refractivity contribution in [2.45, 2.75) is 53.2 Å². The van der Waals surface area contributed by atoms with E-state index in [2.05, 4.69) is 31.0 Å². The summed E-state index contributed by atoms with van der Waals surface area (Å²) in [5.41, 5.74) is 2.49. The Morgan fingerprint density at radius 2 is 1.88 bits per heavy atom. The van der Waals surface area contributed by atoms with Gasteiger partial charge in [0.1, 0.15) is 12.6 Å². The van der Waals surface area contributed by atoms with Gasteiger partial charge in [-0.1, -0.05) is 37.6 Å². The Labute approximate surface area is 185 Å². The number of carbonyl (C=O) groups is 1. The molecule has 0 aliphatic carbocycles. The molecule has 32 heavy (non-hydrogen) atoms. The summed E-state index contributed by atoms with van der Waals surface area (Å²) >= 11 is 0. The van der Waals surface area contributed by atoms with E-state index in [-0.39, 0.29) is 28.7 Å². The summed E-state index contributed by atoms with van der Waals surface area (Å²) < 4.78 is 16.6. The molecule has 3 rings (SSSR count). The first-order chi connectivity index (χ1) is 15.1. The van der Waals surface area contributed by atoms with Gasteiger partial charge < -0.3 is 13.9 Å². The molecule has 8 heteroatoms. The van der Waals surface area contributed by atoms with E-state index in [0.29, 0.717) is 4.57 Å². The predicted octanol–water partition coefficient (Wildman–Crippen LogP) is 3.35. The number of pyridine rings is 1. The number of carbonyl (C=O) groups excluding carboxylic acids is 1. The highest BCUT2D eigenvalue weighted by Crippen LogP contribution is 2.32. The third-order valence-electron chi connectivity index (χ3n) is 5.56. The van der Waals surface area contributed by atoms with E-state index in [0.717, 1.165) is 16.7 Å². The van der Waals surface area contributed by atoms with Crippen molar-refractivity contribution >= 4 is 17.1 Å². The first-order valence-corrected chi connectivity index (χ1v) is 10.5. The third-order valence-corrected chi connectivity index (χ3v) is 5.56. The molecule has 0 bridgehead atoms. The van der Waals surface area contributed by atoms with Crippen molar-refractivity contribution in [2.24, 2.45) is 5.92 Å². The van der Waals surface area contributed by atoms with Crippen molar-refractivity contribution in [3.63, 3.8) is 0 Å². The van der Waals surface area contributed by atoms with Gasteiger partial charge in [0.15, 0.2) is 11.3 Å². The maximum absolute atomic E-state index is 12.8. The van der Waals surface area contributed by atoms with E-state index >= 15 is 0 Å². The molecule has 0 aliphatic heterocycles. The number of nitrogens with zero attached hydrogens (tertiary/aromatic N) is 2. The minimum absolute atomic E-state index is 0.0461. The van der Waals surface area contributed by atoms with Gasteiger partial charge in [-0.3, -0.25) is 9.59 Å². The SMILES string of the molecule is COc1ccnc2c(=O)n(CC(=O)OC(C)C(c3ccc(C)cc3C)C(C)C)c(=O)oc12. The molecule has 0 amide bonds. The summed E-state index contributed by atoms with van der Waals surface area (Å²) in [6.45, 7) is 9.44. The molecule has 170 valence electrons. The number of methoxy groups -OCH3 is 1. The van der Waals surface area contributed by atoms with Gasteiger partial charge in [0.2, 0.25) is 5.58 Å². The largest absolute Gasteiger partial charge is 0.493 e. The van der Waals surface area contributed by atoms with Crippen molar-refractivity contribution in [3.05, 3.63) is 68.1 Å². The highest BCUT2D eigenvalue weighted by molar-refractivity contribution is 5.77. The van der Waals surface area contributed by atoms with Gasteiger partial charge in [0.25, 0.3) is 5.56 Å². The Morgan fingerprint density at radius 3 is 2.50 bits per heavy atom. The summed E-state index contributed by atoms with van der Waals surface area (Å²) in [6.07, 6.45) is 0.898. The molecule has 0 fully saturated rings. The number of aromatic nitrogens is 2. The van der Waals surface area contributed by atoms with Gasteiger partial charge in [-0.2, -0.15) is 0 Å². The molecular weight excluding hydrogens is 412 g/mol. The van der Waals surface area contributed by atoms with E-state index < -0.39 is 29.9 Å². The molecule has 2 aromatic heterocycles. The molecule has 0 saturated heterocycles. The van der Waals surface area contributed by atoms with E-state index in [1.807, 2.05) is 26.8 Å². The van der Waals surface area contributed by atoms with Crippen molar-refractivity contribution in [3.8, 4) is 5.75 Å². The fraction of sp³-hybridized carbons (Fsp3) is 0.417. The second kappa shape index (κ2) is 9.38. The number of ether oxygens (including phenoxy) is 2. The van der Waals surface area contributed by atoms with Crippen LogP contribution in [0.25, 0.3) is 11.1 Å². The average molecular weight is 440 g/mol. The van der Waals surface area contributed by atoms with Gasteiger partial charge >= 0.3 is 11.7 Å². The van der Waals surface area contributed by atoms with E-state index in [1.54, 1.807) is 0 Å². The molecule has 0 saturated carbocycles. The Balaban J connectivity index is 1.86. The molecule has 0 aliphatic rings. The molecule has 2 atom stereocenters. The van der Waals surface area contributed by atoms with Crippen molar-refractivity contribution in [1.29, 1.82) is 0 Å². The standard InChI is InChI=1S/C24H28N2O6/c1-13(2)20(17-8-7-14(3)11-15(17)4)16(5)31-19(27)12-26-23(28)21-22(32-24(26)29)18(30-6)9-10-25-21/h7-11,13,16,20H,12H2,1-6H3. The Hall–Kier alpha value is -3.42. The van der Waals surface area contributed by atoms with Gasteiger partial charge in [-0.25, -0.2) is 14.3 Å². The number of fused-ring (bicyclic) bond motifs is 1. The molecule has 2 unspecified atom stereocenters. The fourth-order valence-corrected chi connectivity index (χ4v) is 4.13. The smallest absolute Gasteiger partial charge is 0.423 e. The molecule has 2 heterocycles. The maximum Gasteiger partial charge on any atom is 0.423 e. The van der Waals surface area contributed by atoms with Crippen molar-refractivity contribution in [2.75, 3.05) is 7.11 Å². The molecule has 0 spiro atoms. The second-order valence-corrected chi connectivity index (χ2v) is 8.28. The monoisotopic (exact) mass is 440 g/mol. The quantitative estimate of drug-likeness (QED) is 0.519. The van der Waals surface area contributed by atoms with Crippen LogP contribution in [0.3, 0.4) is 0 Å². The van der Waals surface area contributed by atoms with Crippen LogP contribution in [0.1, 0.15) is 43.4 Å². The van der Waals surface area contributed by atoms with E-state index in [1.165, 1.54) is 19.4 Å². The lowest BCUT2D eigenvalue weighted by Crippen LogP contribution is -2.37. The topological polar surface area (TPSA) is 101 Å². The van der Waals surface area contributed by atoms with Crippen LogP contribution in [0.5, 0.6) is 5.75 Å². The van der Waals surface area contributed by atoms with Crippen LogP contribution >= 0.6 is 0 Å². The van der Waals surface area contributed by atoms with Gasteiger partial charge in [0, 0.05) is 18.2 Å². The summed E-state index contributed by atoms with van der Waals surface area (Å²) in [4.78, 5) is 41.8. The van der Waals surface area contributed by atoms with Gasteiger partial charge in [-0.15, -0.1) is 0 Å². The van der Waals surface area contributed by atoms with Crippen LogP contribution in [-0.4, -0.2) is 28.7 Å². The number of rotatable bonds is 7. The Bertz CT molecular complexity index is 1260. The maximum atomic E-state index is 12.8. The summed E-state index contributed by atoms with van der Waals surface area (Å²) in [5.74, 6) is -1.32. The minimum Gasteiger partial charge on any atom is -0.493 e. The fourth-order valence-electron chi connectivity index (χ4n) is 4.13. The van der Waals surface area contributed by atoms with Gasteiger partial charge in [0.05, 0.1) is 7.11 Å². The van der Waals surface area contributed by atoms with Crippen LogP contribution in [0.4, 0.5) is 0 Å². The van der Waals surface area contributed by atoms with Crippen LogP contribution in [0.2, 0.25) is 0 Å². The van der Waals surface area contributed by atoms with E-state index in [9.17, 15) is 14.4 Å². The highest BCUT2D eigenvalue weighted by Gasteiger charge is 2.28. The van der Waals surface area contributed by atoms with Gasteiger partial charge in [-0.05, 0) is 37.8 Å². The Morgan fingerprint density at radius 1 is 1.16 bits per heavy atom. The lowest BCUT2D eigenvalue weighted by atomic mass is 9.82. The number of esters is 1. The third kappa shape index (κ3) is 4.59. The molecule has 0 radical (unpaired) electrons. The Kier molecular flexibility index (Phi) is 6.81. The lowest BCUT2D eigenvalue weighted by Gasteiger charge is -2.29. The zero-order valence-electron chi connectivity index (χ0n) is 19.2. The summed E-state index contributed by atoms with van der Waals surface area (Å²) in [5, 5.41) is 0. The number of aryl methyl sites for hydroxylation is 2. The molecular formula is C24H28N2O6. The van der Waals surface area contributed by atoms with Crippen LogP contribution < -0.4 is 16.1 Å². The van der Waals surface area contributed by atoms with Crippen molar-refractivity contribution in [1.82, 2.24) is 9.55 Å². The zero-order chi connectivity index (χ0) is 23.6. The number of hydrogen-bond acceptors (Lipinski definition) is 7. The number of benzene rings is 1. The lowest BCUT2D eigenvalue weighted by molar-refractivity contribution is -0.150. The van der Waals surface area contributed by atoms with Crippen LogP contribution in [-0.2, 0) is 16.1 Å². The minimum atomic E-state index is -0.979. The summed E-state index contributed by atoms with van der Waals surface area (Å²) in [7, 11) is 1.39. The molecule has 8 nitrogen and oxygen atoms in total. The van der Waals surface area contributed by atoms with Crippen molar-refractivity contribution < 1.29 is 18.7 Å².